The van der Waals surface area contributed by atoms with Gasteiger partial charge in [-0.2, -0.15) is 0 Å². The summed E-state index contributed by atoms with van der Waals surface area (Å²) in [5.74, 6) is -1.12. The zero-order valence-corrected chi connectivity index (χ0v) is 10.2. The van der Waals surface area contributed by atoms with Gasteiger partial charge >= 0.3 is 5.97 Å². The van der Waals surface area contributed by atoms with E-state index in [0.29, 0.717) is 13.2 Å². The Labute approximate surface area is 109 Å². The molecule has 0 bridgehead atoms. The molecule has 0 radical (unpaired) electrons. The number of rotatable bonds is 5. The molecular formula is C12H14N2O5. The second-order valence-electron chi connectivity index (χ2n) is 4.31. The maximum atomic E-state index is 10.9. The Kier molecular flexibility index (Phi) is 3.96. The van der Waals surface area contributed by atoms with Crippen LogP contribution in [0.1, 0.15) is 23.2 Å². The fraction of sp³-hybridized carbons (Fsp3) is 0.417. The lowest BCUT2D eigenvalue weighted by Crippen LogP contribution is -2.19. The zero-order chi connectivity index (χ0) is 13.8. The van der Waals surface area contributed by atoms with E-state index < -0.39 is 10.9 Å². The fourth-order valence-corrected chi connectivity index (χ4v) is 2.00. The number of nitro benzene ring substituents is 1. The Morgan fingerprint density at radius 3 is 2.95 bits per heavy atom. The average molecular weight is 266 g/mol. The normalized spacial score (nSPS) is 18.2. The molecule has 0 amide bonds. The van der Waals surface area contributed by atoms with Gasteiger partial charge in [0.05, 0.1) is 16.6 Å². The molecular weight excluding hydrogens is 252 g/mol. The van der Waals surface area contributed by atoms with Gasteiger partial charge in [0.2, 0.25) is 0 Å². The molecule has 1 heterocycles. The predicted molar refractivity (Wildman–Crippen MR) is 67.5 cm³/mol. The van der Waals surface area contributed by atoms with E-state index in [1.165, 1.54) is 18.2 Å². The first-order valence-electron chi connectivity index (χ1n) is 5.95. The van der Waals surface area contributed by atoms with Gasteiger partial charge in [0.15, 0.2) is 0 Å². The molecule has 0 aliphatic carbocycles. The van der Waals surface area contributed by atoms with Crippen LogP contribution in [-0.4, -0.2) is 35.3 Å². The van der Waals surface area contributed by atoms with Crippen LogP contribution in [0.25, 0.3) is 0 Å². The monoisotopic (exact) mass is 266 g/mol. The number of nitrogens with one attached hydrogen (secondary N) is 1. The van der Waals surface area contributed by atoms with Crippen LogP contribution >= 0.6 is 0 Å². The summed E-state index contributed by atoms with van der Waals surface area (Å²) in [7, 11) is 0. The minimum absolute atomic E-state index is 0.0143. The molecule has 2 rings (SSSR count). The van der Waals surface area contributed by atoms with E-state index in [-0.39, 0.29) is 23.0 Å². The lowest BCUT2D eigenvalue weighted by atomic mass is 10.1. The van der Waals surface area contributed by atoms with Gasteiger partial charge in [-0.1, -0.05) is 0 Å². The molecule has 7 nitrogen and oxygen atoms in total. The van der Waals surface area contributed by atoms with Crippen molar-refractivity contribution in [1.82, 2.24) is 0 Å². The molecule has 1 aromatic rings. The first-order valence-corrected chi connectivity index (χ1v) is 5.95. The number of hydrogen-bond donors (Lipinski definition) is 2. The van der Waals surface area contributed by atoms with E-state index in [1.807, 2.05) is 0 Å². The first-order chi connectivity index (χ1) is 9.08. The topological polar surface area (TPSA) is 102 Å². The van der Waals surface area contributed by atoms with Gasteiger partial charge in [0, 0.05) is 19.2 Å². The summed E-state index contributed by atoms with van der Waals surface area (Å²) >= 11 is 0. The van der Waals surface area contributed by atoms with Crippen LogP contribution in [0.15, 0.2) is 18.2 Å². The van der Waals surface area contributed by atoms with Crippen molar-refractivity contribution in [3.63, 3.8) is 0 Å². The SMILES string of the molecule is O=C(O)c1ccc([N+](=O)[O-])c(NCC2CCCO2)c1. The summed E-state index contributed by atoms with van der Waals surface area (Å²) in [4.78, 5) is 21.2. The Bertz CT molecular complexity index is 497. The molecule has 2 N–H and O–H groups in total. The largest absolute Gasteiger partial charge is 0.478 e. The fourth-order valence-electron chi connectivity index (χ4n) is 2.00. The first kappa shape index (κ1) is 13.3. The number of hydrogen-bond acceptors (Lipinski definition) is 5. The van der Waals surface area contributed by atoms with Crippen molar-refractivity contribution in [2.24, 2.45) is 0 Å². The summed E-state index contributed by atoms with van der Waals surface area (Å²) in [5.41, 5.74) is 0.0869. The van der Waals surface area contributed by atoms with Gasteiger partial charge in [-0.25, -0.2) is 4.79 Å². The summed E-state index contributed by atoms with van der Waals surface area (Å²) in [6.07, 6.45) is 1.90. The van der Waals surface area contributed by atoms with Gasteiger partial charge in [-0.3, -0.25) is 10.1 Å². The molecule has 0 aromatic heterocycles. The van der Waals surface area contributed by atoms with E-state index in [0.717, 1.165) is 12.8 Å². The third-order valence-electron chi connectivity index (χ3n) is 2.98. The minimum Gasteiger partial charge on any atom is -0.478 e. The third-order valence-corrected chi connectivity index (χ3v) is 2.98. The number of nitro groups is 1. The van der Waals surface area contributed by atoms with Gasteiger partial charge in [-0.15, -0.1) is 0 Å². The molecule has 1 saturated heterocycles. The highest BCUT2D eigenvalue weighted by atomic mass is 16.6. The van der Waals surface area contributed by atoms with Crippen LogP contribution in [0.3, 0.4) is 0 Å². The number of benzene rings is 1. The molecule has 1 atom stereocenters. The molecule has 102 valence electrons. The second-order valence-corrected chi connectivity index (χ2v) is 4.31. The number of anilines is 1. The highest BCUT2D eigenvalue weighted by Gasteiger charge is 2.19. The van der Waals surface area contributed by atoms with Crippen molar-refractivity contribution in [3.8, 4) is 0 Å². The van der Waals surface area contributed by atoms with E-state index >= 15 is 0 Å². The Morgan fingerprint density at radius 1 is 1.58 bits per heavy atom. The molecule has 1 fully saturated rings. The maximum Gasteiger partial charge on any atom is 0.335 e. The van der Waals surface area contributed by atoms with Crippen LogP contribution < -0.4 is 5.32 Å². The quantitative estimate of drug-likeness (QED) is 0.623. The van der Waals surface area contributed by atoms with E-state index in [1.54, 1.807) is 0 Å². The number of carbonyl (C=O) groups is 1. The van der Waals surface area contributed by atoms with E-state index in [4.69, 9.17) is 9.84 Å². The highest BCUT2D eigenvalue weighted by molar-refractivity contribution is 5.90. The lowest BCUT2D eigenvalue weighted by Gasteiger charge is -2.12. The van der Waals surface area contributed by atoms with Crippen molar-refractivity contribution in [3.05, 3.63) is 33.9 Å². The highest BCUT2D eigenvalue weighted by Crippen LogP contribution is 2.26. The van der Waals surface area contributed by atoms with Gasteiger partial charge in [0.1, 0.15) is 5.69 Å². The van der Waals surface area contributed by atoms with Gasteiger partial charge in [0.25, 0.3) is 5.69 Å². The molecule has 7 heteroatoms. The van der Waals surface area contributed by atoms with Gasteiger partial charge < -0.3 is 15.2 Å². The van der Waals surface area contributed by atoms with Crippen molar-refractivity contribution in [1.29, 1.82) is 0 Å². The van der Waals surface area contributed by atoms with Crippen LogP contribution in [0.4, 0.5) is 11.4 Å². The maximum absolute atomic E-state index is 10.9. The van der Waals surface area contributed by atoms with E-state index in [9.17, 15) is 14.9 Å². The molecule has 19 heavy (non-hydrogen) atoms. The van der Waals surface area contributed by atoms with Crippen LogP contribution in [0, 0.1) is 10.1 Å². The van der Waals surface area contributed by atoms with Crippen molar-refractivity contribution in [2.45, 2.75) is 18.9 Å². The van der Waals surface area contributed by atoms with Crippen LogP contribution in [0.5, 0.6) is 0 Å². The van der Waals surface area contributed by atoms with Crippen molar-refractivity contribution in [2.75, 3.05) is 18.5 Å². The Morgan fingerprint density at radius 2 is 2.37 bits per heavy atom. The van der Waals surface area contributed by atoms with Gasteiger partial charge in [-0.05, 0) is 25.0 Å². The minimum atomic E-state index is -1.12. The number of carboxylic acid groups (broad SMARTS) is 1. The molecule has 1 unspecified atom stereocenters. The van der Waals surface area contributed by atoms with Crippen LogP contribution in [0.2, 0.25) is 0 Å². The molecule has 0 saturated carbocycles. The summed E-state index contributed by atoms with van der Waals surface area (Å²) in [5, 5.41) is 22.7. The number of ether oxygens (including phenoxy) is 1. The number of carboxylic acids is 1. The third kappa shape index (κ3) is 3.19. The average Bonchev–Trinajstić information content (AvgIpc) is 2.88. The molecule has 1 aromatic carbocycles. The summed E-state index contributed by atoms with van der Waals surface area (Å²) in [6, 6.07) is 3.69. The number of aromatic carboxylic acids is 1. The summed E-state index contributed by atoms with van der Waals surface area (Å²) in [6.45, 7) is 1.13. The summed E-state index contributed by atoms with van der Waals surface area (Å²) < 4.78 is 5.40. The Balaban J connectivity index is 2.16. The van der Waals surface area contributed by atoms with Crippen molar-refractivity contribution >= 4 is 17.3 Å². The molecule has 0 spiro atoms. The lowest BCUT2D eigenvalue weighted by molar-refractivity contribution is -0.384. The van der Waals surface area contributed by atoms with Crippen molar-refractivity contribution < 1.29 is 19.6 Å². The second kappa shape index (κ2) is 5.66. The smallest absolute Gasteiger partial charge is 0.335 e. The predicted octanol–water partition coefficient (Wildman–Crippen LogP) is 1.88. The number of nitrogens with zero attached hydrogens (tertiary/aromatic N) is 1. The Hall–Kier alpha value is -2.15. The van der Waals surface area contributed by atoms with E-state index in [2.05, 4.69) is 5.32 Å². The molecule has 1 aliphatic heterocycles. The van der Waals surface area contributed by atoms with Crippen LogP contribution in [-0.2, 0) is 4.74 Å². The zero-order valence-electron chi connectivity index (χ0n) is 10.2. The standard InChI is InChI=1S/C12H14N2O5/c15-12(16)8-3-4-11(14(17)18)10(6-8)13-7-9-2-1-5-19-9/h3-4,6,9,13H,1-2,5,7H2,(H,15,16). The molecule has 1 aliphatic rings.